The molecule has 0 N–H and O–H groups in total. The van der Waals surface area contributed by atoms with Gasteiger partial charge in [-0.25, -0.2) is 9.67 Å². The molecule has 0 radical (unpaired) electrons. The van der Waals surface area contributed by atoms with Crippen LogP contribution >= 0.6 is 0 Å². The SMILES string of the molecule is COc1ccc(-c2ccnc3c2c(C)nn3CC(=O)N2CCN(Cc3ccc(C)cc3)CC2)cc1. The minimum atomic E-state index is 0.0843. The second kappa shape index (κ2) is 9.88. The summed E-state index contributed by atoms with van der Waals surface area (Å²) in [5.41, 5.74) is 6.32. The van der Waals surface area contributed by atoms with E-state index >= 15 is 0 Å². The van der Waals surface area contributed by atoms with E-state index in [0.717, 1.165) is 66.3 Å². The third kappa shape index (κ3) is 4.91. The first-order valence-corrected chi connectivity index (χ1v) is 12.0. The fourth-order valence-electron chi connectivity index (χ4n) is 4.74. The van der Waals surface area contributed by atoms with Crippen LogP contribution in [0.15, 0.2) is 60.8 Å². The summed E-state index contributed by atoms with van der Waals surface area (Å²) in [5.74, 6) is 0.900. The molecule has 1 saturated heterocycles. The lowest BCUT2D eigenvalue weighted by atomic mass is 10.0. The maximum absolute atomic E-state index is 13.2. The molecule has 0 unspecified atom stereocenters. The molecule has 1 aliphatic heterocycles. The van der Waals surface area contributed by atoms with Gasteiger partial charge in [-0.3, -0.25) is 9.69 Å². The molecule has 5 rings (SSSR count). The molecule has 2 aromatic heterocycles. The molecular weight excluding hydrogens is 438 g/mol. The van der Waals surface area contributed by atoms with Crippen LogP contribution in [-0.2, 0) is 17.9 Å². The number of amides is 1. The van der Waals surface area contributed by atoms with E-state index in [0.29, 0.717) is 0 Å². The standard InChI is InChI=1S/C28H31N5O2/c1-20-4-6-22(7-5-20)18-31-14-16-32(17-15-31)26(34)19-33-28-27(21(2)30-33)25(12-13-29-28)23-8-10-24(35-3)11-9-23/h4-13H,14-19H2,1-3H3. The van der Waals surface area contributed by atoms with E-state index in [9.17, 15) is 4.79 Å². The van der Waals surface area contributed by atoms with Crippen molar-refractivity contribution in [3.8, 4) is 16.9 Å². The Hall–Kier alpha value is -3.71. The number of ether oxygens (including phenoxy) is 1. The second-order valence-electron chi connectivity index (χ2n) is 9.17. The zero-order valence-electron chi connectivity index (χ0n) is 20.6. The Kier molecular flexibility index (Phi) is 6.51. The van der Waals surface area contributed by atoms with Gasteiger partial charge in [-0.2, -0.15) is 5.10 Å². The van der Waals surface area contributed by atoms with E-state index in [2.05, 4.69) is 41.1 Å². The van der Waals surface area contributed by atoms with Gasteiger partial charge in [-0.15, -0.1) is 0 Å². The summed E-state index contributed by atoms with van der Waals surface area (Å²) in [4.78, 5) is 22.1. The number of fused-ring (bicyclic) bond motifs is 1. The third-order valence-corrected chi connectivity index (χ3v) is 6.75. The molecule has 1 aliphatic rings. The van der Waals surface area contributed by atoms with E-state index in [-0.39, 0.29) is 12.5 Å². The number of methoxy groups -OCH3 is 1. The highest BCUT2D eigenvalue weighted by Crippen LogP contribution is 2.31. The minimum Gasteiger partial charge on any atom is -0.497 e. The molecule has 3 heterocycles. The summed E-state index contributed by atoms with van der Waals surface area (Å²) in [6.07, 6.45) is 1.79. The molecule has 0 bridgehead atoms. The lowest BCUT2D eigenvalue weighted by Gasteiger charge is -2.34. The van der Waals surface area contributed by atoms with Crippen molar-refractivity contribution < 1.29 is 9.53 Å². The third-order valence-electron chi connectivity index (χ3n) is 6.75. The van der Waals surface area contributed by atoms with Crippen molar-refractivity contribution in [2.75, 3.05) is 33.3 Å². The van der Waals surface area contributed by atoms with Crippen LogP contribution in [0, 0.1) is 13.8 Å². The summed E-state index contributed by atoms with van der Waals surface area (Å²) < 4.78 is 7.04. The fraction of sp³-hybridized carbons (Fsp3) is 0.321. The van der Waals surface area contributed by atoms with Crippen molar-refractivity contribution in [2.24, 2.45) is 0 Å². The number of carbonyl (C=O) groups excluding carboxylic acids is 1. The highest BCUT2D eigenvalue weighted by molar-refractivity contribution is 5.95. The van der Waals surface area contributed by atoms with Gasteiger partial charge in [0.05, 0.1) is 12.8 Å². The lowest BCUT2D eigenvalue weighted by Crippen LogP contribution is -2.49. The Labute approximate surface area is 205 Å². The molecule has 35 heavy (non-hydrogen) atoms. The molecule has 2 aromatic carbocycles. The van der Waals surface area contributed by atoms with E-state index in [4.69, 9.17) is 9.84 Å². The molecule has 7 nitrogen and oxygen atoms in total. The largest absolute Gasteiger partial charge is 0.497 e. The summed E-state index contributed by atoms with van der Waals surface area (Å²) in [6.45, 7) is 8.40. The Morgan fingerprint density at radius 3 is 2.34 bits per heavy atom. The maximum atomic E-state index is 13.2. The summed E-state index contributed by atoms with van der Waals surface area (Å²) in [7, 11) is 1.66. The monoisotopic (exact) mass is 469 g/mol. The molecule has 4 aromatic rings. The van der Waals surface area contributed by atoms with Gasteiger partial charge in [0, 0.05) is 44.3 Å². The van der Waals surface area contributed by atoms with Gasteiger partial charge in [-0.05, 0) is 48.7 Å². The van der Waals surface area contributed by atoms with Gasteiger partial charge in [0.15, 0.2) is 5.65 Å². The number of carbonyl (C=O) groups is 1. The normalized spacial score (nSPS) is 14.4. The number of aryl methyl sites for hydroxylation is 2. The van der Waals surface area contributed by atoms with E-state index in [1.165, 1.54) is 11.1 Å². The van der Waals surface area contributed by atoms with Crippen molar-refractivity contribution in [2.45, 2.75) is 26.9 Å². The number of benzene rings is 2. The van der Waals surface area contributed by atoms with E-state index in [1.54, 1.807) is 18.0 Å². The number of aromatic nitrogens is 3. The number of nitrogens with zero attached hydrogens (tertiary/aromatic N) is 5. The van der Waals surface area contributed by atoms with Crippen LogP contribution in [-0.4, -0.2) is 63.8 Å². The van der Waals surface area contributed by atoms with Gasteiger partial charge in [0.25, 0.3) is 0 Å². The number of piperazine rings is 1. The number of rotatable bonds is 6. The second-order valence-corrected chi connectivity index (χ2v) is 9.17. The van der Waals surface area contributed by atoms with E-state index < -0.39 is 0 Å². The van der Waals surface area contributed by atoms with Crippen molar-refractivity contribution in [3.63, 3.8) is 0 Å². The smallest absolute Gasteiger partial charge is 0.244 e. The Morgan fingerprint density at radius 2 is 1.66 bits per heavy atom. The summed E-state index contributed by atoms with van der Waals surface area (Å²) in [5, 5.41) is 5.67. The average Bonchev–Trinajstić information content (AvgIpc) is 3.21. The van der Waals surface area contributed by atoms with Crippen LogP contribution in [0.3, 0.4) is 0 Å². The molecule has 0 aliphatic carbocycles. The van der Waals surface area contributed by atoms with Gasteiger partial charge >= 0.3 is 0 Å². The molecule has 180 valence electrons. The number of hydrogen-bond donors (Lipinski definition) is 0. The minimum absolute atomic E-state index is 0.0843. The van der Waals surface area contributed by atoms with Crippen LogP contribution in [0.5, 0.6) is 5.75 Å². The molecule has 1 fully saturated rings. The van der Waals surface area contributed by atoms with Crippen molar-refractivity contribution in [1.29, 1.82) is 0 Å². The zero-order valence-corrected chi connectivity index (χ0v) is 20.6. The van der Waals surface area contributed by atoms with Gasteiger partial charge in [0.1, 0.15) is 12.3 Å². The maximum Gasteiger partial charge on any atom is 0.244 e. The predicted molar refractivity (Wildman–Crippen MR) is 137 cm³/mol. The Bertz CT molecular complexity index is 1320. The first-order chi connectivity index (χ1) is 17.0. The Balaban J connectivity index is 1.27. The van der Waals surface area contributed by atoms with Crippen LogP contribution < -0.4 is 4.74 Å². The molecular formula is C28H31N5O2. The first-order valence-electron chi connectivity index (χ1n) is 12.0. The van der Waals surface area contributed by atoms with Gasteiger partial charge in [0.2, 0.25) is 5.91 Å². The number of pyridine rings is 1. The molecule has 7 heteroatoms. The lowest BCUT2D eigenvalue weighted by molar-refractivity contribution is -0.133. The molecule has 0 spiro atoms. The van der Waals surface area contributed by atoms with Gasteiger partial charge < -0.3 is 9.64 Å². The zero-order chi connectivity index (χ0) is 24.4. The molecule has 1 amide bonds. The highest BCUT2D eigenvalue weighted by atomic mass is 16.5. The number of hydrogen-bond acceptors (Lipinski definition) is 5. The van der Waals surface area contributed by atoms with Crippen LogP contribution in [0.25, 0.3) is 22.2 Å². The fourth-order valence-corrected chi connectivity index (χ4v) is 4.74. The van der Waals surface area contributed by atoms with Crippen LogP contribution in [0.2, 0.25) is 0 Å². The summed E-state index contributed by atoms with van der Waals surface area (Å²) >= 11 is 0. The molecule has 0 saturated carbocycles. The van der Waals surface area contributed by atoms with Crippen molar-refractivity contribution >= 4 is 16.9 Å². The highest BCUT2D eigenvalue weighted by Gasteiger charge is 2.23. The quantitative estimate of drug-likeness (QED) is 0.426. The average molecular weight is 470 g/mol. The van der Waals surface area contributed by atoms with Crippen LogP contribution in [0.1, 0.15) is 16.8 Å². The topological polar surface area (TPSA) is 63.5 Å². The van der Waals surface area contributed by atoms with Gasteiger partial charge in [-0.1, -0.05) is 42.0 Å². The van der Waals surface area contributed by atoms with Crippen molar-refractivity contribution in [3.05, 3.63) is 77.6 Å². The van der Waals surface area contributed by atoms with Crippen molar-refractivity contribution in [1.82, 2.24) is 24.6 Å². The Morgan fingerprint density at radius 1 is 0.943 bits per heavy atom. The van der Waals surface area contributed by atoms with Crippen LogP contribution in [0.4, 0.5) is 0 Å². The predicted octanol–water partition coefficient (Wildman–Crippen LogP) is 4.07. The van der Waals surface area contributed by atoms with E-state index in [1.807, 2.05) is 42.2 Å². The first kappa shape index (κ1) is 23.1. The molecule has 0 atom stereocenters. The summed E-state index contributed by atoms with van der Waals surface area (Å²) in [6, 6.07) is 18.6.